The smallest absolute Gasteiger partial charge is 0.149 e. The monoisotopic (exact) mass is 307 g/mol. The zero-order valence-electron chi connectivity index (χ0n) is 9.10. The first-order chi connectivity index (χ1) is 7.33. The van der Waals surface area contributed by atoms with E-state index in [2.05, 4.69) is 15.9 Å². The maximum absolute atomic E-state index is 11.1. The number of hydrogen-bond acceptors (Lipinski definition) is 4. The van der Waals surface area contributed by atoms with Crippen LogP contribution in [0.3, 0.4) is 0 Å². The van der Waals surface area contributed by atoms with Crippen molar-refractivity contribution in [3.8, 4) is 5.75 Å². The highest BCUT2D eigenvalue weighted by atomic mass is 79.9. The van der Waals surface area contributed by atoms with Crippen LogP contribution >= 0.6 is 15.9 Å². The van der Waals surface area contributed by atoms with Crippen LogP contribution in [-0.2, 0) is 9.84 Å². The third-order valence-corrected chi connectivity index (χ3v) is 3.67. The Morgan fingerprint density at radius 2 is 2.12 bits per heavy atom. The van der Waals surface area contributed by atoms with Gasteiger partial charge in [-0.3, -0.25) is 0 Å². The van der Waals surface area contributed by atoms with Crippen molar-refractivity contribution in [2.75, 3.05) is 19.1 Å². The highest BCUT2D eigenvalue weighted by molar-refractivity contribution is 9.10. The van der Waals surface area contributed by atoms with Gasteiger partial charge in [-0.25, -0.2) is 8.42 Å². The fraction of sp³-hybridized carbons (Fsp3) is 0.400. The van der Waals surface area contributed by atoms with Gasteiger partial charge in [-0.1, -0.05) is 6.07 Å². The largest absolute Gasteiger partial charge is 0.496 e. The number of benzene rings is 1. The number of hydrogen-bond donors (Lipinski definition) is 1. The van der Waals surface area contributed by atoms with E-state index in [4.69, 9.17) is 10.5 Å². The van der Waals surface area contributed by atoms with Crippen LogP contribution in [0, 0.1) is 0 Å². The molecule has 2 N–H and O–H groups in total. The number of sulfone groups is 1. The molecule has 1 unspecified atom stereocenters. The molecular formula is C10H14BrNO3S. The molecule has 4 nitrogen and oxygen atoms in total. The molecule has 0 heterocycles. The summed E-state index contributed by atoms with van der Waals surface area (Å²) in [4.78, 5) is 0. The second-order valence-corrected chi connectivity index (χ2v) is 6.63. The molecule has 0 aromatic heterocycles. The SMILES string of the molecule is COc1ccc(C(N)CS(C)(=O)=O)cc1Br. The summed E-state index contributed by atoms with van der Waals surface area (Å²) in [7, 11) is -1.51. The summed E-state index contributed by atoms with van der Waals surface area (Å²) in [6, 6.07) is 4.77. The van der Waals surface area contributed by atoms with Crippen molar-refractivity contribution < 1.29 is 13.2 Å². The third-order valence-electron chi connectivity index (χ3n) is 2.09. The second-order valence-electron chi connectivity index (χ2n) is 3.59. The number of nitrogens with two attached hydrogens (primary N) is 1. The molecule has 0 spiro atoms. The van der Waals surface area contributed by atoms with Gasteiger partial charge in [0.1, 0.15) is 15.6 Å². The summed E-state index contributed by atoms with van der Waals surface area (Å²) in [6.07, 6.45) is 1.17. The van der Waals surface area contributed by atoms with Crippen LogP contribution in [0.2, 0.25) is 0 Å². The van der Waals surface area contributed by atoms with E-state index in [9.17, 15) is 8.42 Å². The van der Waals surface area contributed by atoms with E-state index in [0.29, 0.717) is 5.75 Å². The molecule has 0 aliphatic heterocycles. The minimum atomic E-state index is -3.07. The molecule has 0 saturated heterocycles. The van der Waals surface area contributed by atoms with Crippen molar-refractivity contribution >= 4 is 25.8 Å². The summed E-state index contributed by atoms with van der Waals surface area (Å²) < 4.78 is 28.0. The molecule has 0 fully saturated rings. The molecular weight excluding hydrogens is 294 g/mol. The molecule has 0 amide bonds. The van der Waals surface area contributed by atoms with Crippen molar-refractivity contribution in [1.82, 2.24) is 0 Å². The maximum atomic E-state index is 11.1. The summed E-state index contributed by atoms with van der Waals surface area (Å²) in [6.45, 7) is 0. The first-order valence-corrected chi connectivity index (χ1v) is 7.45. The fourth-order valence-corrected chi connectivity index (χ4v) is 2.74. The van der Waals surface area contributed by atoms with E-state index in [-0.39, 0.29) is 5.75 Å². The van der Waals surface area contributed by atoms with Crippen LogP contribution in [0.5, 0.6) is 5.75 Å². The van der Waals surface area contributed by atoms with Crippen molar-refractivity contribution in [3.63, 3.8) is 0 Å². The molecule has 6 heteroatoms. The Labute approximate surface area is 104 Å². The summed E-state index contributed by atoms with van der Waals surface area (Å²) in [5.41, 5.74) is 6.56. The van der Waals surface area contributed by atoms with E-state index in [1.54, 1.807) is 25.3 Å². The van der Waals surface area contributed by atoms with Crippen LogP contribution < -0.4 is 10.5 Å². The Balaban J connectivity index is 2.93. The standard InChI is InChI=1S/C10H14BrNO3S/c1-15-10-4-3-7(5-8(10)11)9(12)6-16(2,13)14/h3-5,9H,6,12H2,1-2H3. The quantitative estimate of drug-likeness (QED) is 0.915. The Morgan fingerprint density at radius 1 is 1.50 bits per heavy atom. The number of rotatable bonds is 4. The highest BCUT2D eigenvalue weighted by Gasteiger charge is 2.14. The molecule has 0 aliphatic carbocycles. The van der Waals surface area contributed by atoms with Crippen molar-refractivity contribution in [1.29, 1.82) is 0 Å². The Kier molecular flexibility index (Phi) is 4.35. The van der Waals surface area contributed by atoms with E-state index < -0.39 is 15.9 Å². The molecule has 1 atom stereocenters. The Morgan fingerprint density at radius 3 is 2.56 bits per heavy atom. The maximum Gasteiger partial charge on any atom is 0.149 e. The molecule has 0 radical (unpaired) electrons. The summed E-state index contributed by atoms with van der Waals surface area (Å²) in [5.74, 6) is 0.626. The second kappa shape index (κ2) is 5.16. The summed E-state index contributed by atoms with van der Waals surface area (Å²) >= 11 is 3.33. The van der Waals surface area contributed by atoms with Crippen molar-refractivity contribution in [3.05, 3.63) is 28.2 Å². The van der Waals surface area contributed by atoms with E-state index in [1.165, 1.54) is 6.26 Å². The average Bonchev–Trinajstić information content (AvgIpc) is 2.15. The predicted molar refractivity (Wildman–Crippen MR) is 67.3 cm³/mol. The van der Waals surface area contributed by atoms with Crippen LogP contribution in [-0.4, -0.2) is 27.5 Å². The molecule has 0 aliphatic rings. The van der Waals surface area contributed by atoms with Gasteiger partial charge in [0.25, 0.3) is 0 Å². The molecule has 0 bridgehead atoms. The lowest BCUT2D eigenvalue weighted by atomic mass is 10.1. The lowest BCUT2D eigenvalue weighted by molar-refractivity contribution is 0.412. The molecule has 1 rings (SSSR count). The highest BCUT2D eigenvalue weighted by Crippen LogP contribution is 2.27. The van der Waals surface area contributed by atoms with Gasteiger partial charge in [0, 0.05) is 12.3 Å². The van der Waals surface area contributed by atoms with Gasteiger partial charge in [-0.05, 0) is 33.6 Å². The minimum Gasteiger partial charge on any atom is -0.496 e. The fourth-order valence-electron chi connectivity index (χ4n) is 1.34. The van der Waals surface area contributed by atoms with Gasteiger partial charge in [-0.15, -0.1) is 0 Å². The predicted octanol–water partition coefficient (Wildman–Crippen LogP) is 1.50. The Hall–Kier alpha value is -0.590. The first kappa shape index (κ1) is 13.5. The molecule has 1 aromatic rings. The number of methoxy groups -OCH3 is 1. The normalized spacial score (nSPS) is 13.5. The van der Waals surface area contributed by atoms with E-state index >= 15 is 0 Å². The van der Waals surface area contributed by atoms with Gasteiger partial charge in [-0.2, -0.15) is 0 Å². The van der Waals surface area contributed by atoms with Gasteiger partial charge < -0.3 is 10.5 Å². The molecule has 1 aromatic carbocycles. The molecule has 16 heavy (non-hydrogen) atoms. The zero-order valence-corrected chi connectivity index (χ0v) is 11.5. The van der Waals surface area contributed by atoms with Crippen LogP contribution in [0.1, 0.15) is 11.6 Å². The summed E-state index contributed by atoms with van der Waals surface area (Å²) in [5, 5.41) is 0. The van der Waals surface area contributed by atoms with E-state index in [0.717, 1.165) is 10.0 Å². The van der Waals surface area contributed by atoms with Gasteiger partial charge >= 0.3 is 0 Å². The number of ether oxygens (including phenoxy) is 1. The van der Waals surface area contributed by atoms with Crippen molar-refractivity contribution in [2.45, 2.75) is 6.04 Å². The topological polar surface area (TPSA) is 69.4 Å². The van der Waals surface area contributed by atoms with Gasteiger partial charge in [0.05, 0.1) is 17.3 Å². The molecule has 90 valence electrons. The van der Waals surface area contributed by atoms with Crippen LogP contribution in [0.4, 0.5) is 0 Å². The van der Waals surface area contributed by atoms with E-state index in [1.807, 2.05) is 0 Å². The van der Waals surface area contributed by atoms with Gasteiger partial charge in [0.15, 0.2) is 0 Å². The third kappa shape index (κ3) is 3.77. The van der Waals surface area contributed by atoms with Crippen LogP contribution in [0.25, 0.3) is 0 Å². The van der Waals surface area contributed by atoms with Crippen molar-refractivity contribution in [2.24, 2.45) is 5.73 Å². The lowest BCUT2D eigenvalue weighted by Crippen LogP contribution is -2.20. The minimum absolute atomic E-state index is 0.0637. The van der Waals surface area contributed by atoms with Crippen LogP contribution in [0.15, 0.2) is 22.7 Å². The average molecular weight is 308 g/mol. The van der Waals surface area contributed by atoms with Gasteiger partial charge in [0.2, 0.25) is 0 Å². The lowest BCUT2D eigenvalue weighted by Gasteiger charge is -2.12. The first-order valence-electron chi connectivity index (χ1n) is 4.60. The molecule has 0 saturated carbocycles. The Bertz CT molecular complexity index is 473. The number of halogens is 1. The zero-order chi connectivity index (χ0) is 12.3.